The summed E-state index contributed by atoms with van der Waals surface area (Å²) >= 11 is 5.94. The minimum Gasteiger partial charge on any atom is -0.506 e. The van der Waals surface area contributed by atoms with Crippen molar-refractivity contribution in [3.05, 3.63) is 41.2 Å². The van der Waals surface area contributed by atoms with Gasteiger partial charge in [0.2, 0.25) is 0 Å². The fourth-order valence-electron chi connectivity index (χ4n) is 1.92. The first-order valence-corrected chi connectivity index (χ1v) is 6.47. The third-order valence-corrected chi connectivity index (χ3v) is 3.18. The molecule has 0 saturated carbocycles. The van der Waals surface area contributed by atoms with Crippen molar-refractivity contribution >= 4 is 17.4 Å². The lowest BCUT2D eigenvalue weighted by Crippen LogP contribution is -1.97. The van der Waals surface area contributed by atoms with Gasteiger partial charge in [0.15, 0.2) is 5.76 Å². The van der Waals surface area contributed by atoms with Gasteiger partial charge in [0.1, 0.15) is 23.0 Å². The molecule has 3 N–H and O–H groups in total. The number of hydrogen-bond donors (Lipinski definition) is 2. The van der Waals surface area contributed by atoms with Crippen LogP contribution in [0.5, 0.6) is 5.75 Å². The summed E-state index contributed by atoms with van der Waals surface area (Å²) in [5, 5.41) is 13.6. The fraction of sp³-hybridized carbons (Fsp3) is 0.0714. The predicted molar refractivity (Wildman–Crippen MR) is 78.8 cm³/mol. The molecule has 0 fully saturated rings. The van der Waals surface area contributed by atoms with Crippen LogP contribution >= 0.6 is 11.6 Å². The summed E-state index contributed by atoms with van der Waals surface area (Å²) in [6, 6.07) is 6.53. The number of aryl methyl sites for hydroxylation is 1. The second kappa shape index (κ2) is 5.06. The largest absolute Gasteiger partial charge is 0.506 e. The molecule has 0 aliphatic heterocycles. The molecule has 0 saturated heterocycles. The van der Waals surface area contributed by atoms with Crippen molar-refractivity contribution in [1.29, 1.82) is 0 Å². The zero-order valence-electron chi connectivity index (χ0n) is 11.0. The first-order valence-electron chi connectivity index (χ1n) is 6.09. The Labute approximate surface area is 125 Å². The van der Waals surface area contributed by atoms with Crippen molar-refractivity contribution in [2.75, 3.05) is 5.73 Å². The number of phenols is 1. The Morgan fingerprint density at radius 1 is 1.24 bits per heavy atom. The van der Waals surface area contributed by atoms with Gasteiger partial charge in [-0.15, -0.1) is 0 Å². The van der Waals surface area contributed by atoms with Crippen LogP contribution in [0.3, 0.4) is 0 Å². The average Bonchev–Trinajstić information content (AvgIpc) is 2.88. The van der Waals surface area contributed by atoms with Crippen LogP contribution in [0.2, 0.25) is 5.02 Å². The minimum atomic E-state index is 0.000815. The summed E-state index contributed by atoms with van der Waals surface area (Å²) in [6.07, 6.45) is 1.45. The number of aromatic hydroxyl groups is 1. The van der Waals surface area contributed by atoms with Crippen LogP contribution in [0.25, 0.3) is 22.7 Å². The SMILES string of the molecule is Cc1cc(-c2nc(N)cnc2-c2ccc(O)c(Cl)c2)on1. The van der Waals surface area contributed by atoms with E-state index in [9.17, 15) is 5.11 Å². The van der Waals surface area contributed by atoms with Gasteiger partial charge < -0.3 is 15.4 Å². The standard InChI is InChI=1S/C14H11ClN4O2/c1-7-4-11(21-19-7)14-13(17-6-12(16)18-14)8-2-3-10(20)9(15)5-8/h2-6,20H,1H3,(H2,16,18). The van der Waals surface area contributed by atoms with Crippen LogP contribution < -0.4 is 5.73 Å². The second-order valence-electron chi connectivity index (χ2n) is 4.49. The lowest BCUT2D eigenvalue weighted by molar-refractivity contribution is 0.426. The molecule has 0 bridgehead atoms. The zero-order valence-corrected chi connectivity index (χ0v) is 11.8. The molecule has 21 heavy (non-hydrogen) atoms. The average molecular weight is 303 g/mol. The van der Waals surface area contributed by atoms with E-state index >= 15 is 0 Å². The van der Waals surface area contributed by atoms with Crippen LogP contribution in [0.15, 0.2) is 35.0 Å². The molecule has 0 atom stereocenters. The summed E-state index contributed by atoms with van der Waals surface area (Å²) in [6.45, 7) is 1.81. The van der Waals surface area contributed by atoms with Gasteiger partial charge in [-0.05, 0) is 25.1 Å². The molecule has 7 heteroatoms. The Balaban J connectivity index is 2.20. The van der Waals surface area contributed by atoms with Crippen molar-refractivity contribution < 1.29 is 9.63 Å². The van der Waals surface area contributed by atoms with E-state index in [1.54, 1.807) is 18.2 Å². The van der Waals surface area contributed by atoms with E-state index < -0.39 is 0 Å². The topological polar surface area (TPSA) is 98.1 Å². The summed E-state index contributed by atoms with van der Waals surface area (Å²) in [5.41, 5.74) is 8.13. The van der Waals surface area contributed by atoms with Crippen LogP contribution in [0, 0.1) is 6.92 Å². The van der Waals surface area contributed by atoms with E-state index in [1.165, 1.54) is 12.3 Å². The quantitative estimate of drug-likeness (QED) is 0.755. The van der Waals surface area contributed by atoms with Crippen molar-refractivity contribution in [2.45, 2.75) is 6.92 Å². The van der Waals surface area contributed by atoms with E-state index in [4.69, 9.17) is 21.9 Å². The Bertz CT molecular complexity index is 816. The lowest BCUT2D eigenvalue weighted by atomic mass is 10.1. The van der Waals surface area contributed by atoms with Gasteiger partial charge in [0.05, 0.1) is 16.9 Å². The maximum absolute atomic E-state index is 9.51. The molecular weight excluding hydrogens is 292 g/mol. The molecule has 0 spiro atoms. The molecule has 106 valence electrons. The van der Waals surface area contributed by atoms with Gasteiger partial charge in [0.25, 0.3) is 0 Å². The molecule has 1 aromatic carbocycles. The number of nitrogens with zero attached hydrogens (tertiary/aromatic N) is 3. The summed E-state index contributed by atoms with van der Waals surface area (Å²) < 4.78 is 5.23. The molecule has 3 rings (SSSR count). The lowest BCUT2D eigenvalue weighted by Gasteiger charge is -2.07. The van der Waals surface area contributed by atoms with Crippen molar-refractivity contribution in [3.63, 3.8) is 0 Å². The van der Waals surface area contributed by atoms with Gasteiger partial charge in [-0.3, -0.25) is 0 Å². The Kier molecular flexibility index (Phi) is 3.23. The van der Waals surface area contributed by atoms with E-state index in [2.05, 4.69) is 15.1 Å². The monoisotopic (exact) mass is 302 g/mol. The third kappa shape index (κ3) is 2.53. The molecule has 3 aromatic rings. The highest BCUT2D eigenvalue weighted by molar-refractivity contribution is 6.32. The van der Waals surface area contributed by atoms with Gasteiger partial charge in [-0.2, -0.15) is 0 Å². The number of nitrogens with two attached hydrogens (primary N) is 1. The highest BCUT2D eigenvalue weighted by atomic mass is 35.5. The van der Waals surface area contributed by atoms with Gasteiger partial charge in [-0.1, -0.05) is 16.8 Å². The highest BCUT2D eigenvalue weighted by Gasteiger charge is 2.16. The first kappa shape index (κ1) is 13.4. The van der Waals surface area contributed by atoms with E-state index in [-0.39, 0.29) is 16.6 Å². The Morgan fingerprint density at radius 3 is 2.71 bits per heavy atom. The van der Waals surface area contributed by atoms with Crippen LogP contribution in [0.4, 0.5) is 5.82 Å². The van der Waals surface area contributed by atoms with Gasteiger partial charge >= 0.3 is 0 Å². The smallest absolute Gasteiger partial charge is 0.187 e. The summed E-state index contributed by atoms with van der Waals surface area (Å²) in [5.74, 6) is 0.736. The minimum absolute atomic E-state index is 0.000815. The second-order valence-corrected chi connectivity index (χ2v) is 4.90. The molecule has 0 aliphatic carbocycles. The fourth-order valence-corrected chi connectivity index (χ4v) is 2.10. The number of phenolic OH excluding ortho intramolecular Hbond substituents is 1. The molecule has 0 aliphatic rings. The number of halogens is 1. The van der Waals surface area contributed by atoms with E-state index in [0.717, 1.165) is 5.69 Å². The number of benzene rings is 1. The van der Waals surface area contributed by atoms with Crippen LogP contribution in [-0.2, 0) is 0 Å². The molecule has 2 heterocycles. The summed E-state index contributed by atoms with van der Waals surface area (Å²) in [7, 11) is 0. The van der Waals surface area contributed by atoms with Crippen LogP contribution in [-0.4, -0.2) is 20.2 Å². The van der Waals surface area contributed by atoms with Crippen molar-refractivity contribution in [2.24, 2.45) is 0 Å². The maximum atomic E-state index is 9.51. The maximum Gasteiger partial charge on any atom is 0.187 e. The molecule has 0 amide bonds. The molecular formula is C14H11ClN4O2. The molecule has 6 nitrogen and oxygen atoms in total. The Morgan fingerprint density at radius 2 is 2.05 bits per heavy atom. The normalized spacial score (nSPS) is 10.8. The van der Waals surface area contributed by atoms with E-state index in [1.807, 2.05) is 6.92 Å². The van der Waals surface area contributed by atoms with Gasteiger partial charge in [-0.25, -0.2) is 9.97 Å². The Hall–Kier alpha value is -2.60. The number of anilines is 1. The number of rotatable bonds is 2. The number of nitrogen functional groups attached to an aromatic ring is 1. The van der Waals surface area contributed by atoms with E-state index in [0.29, 0.717) is 22.7 Å². The molecule has 0 unspecified atom stereocenters. The zero-order chi connectivity index (χ0) is 15.0. The number of hydrogen-bond acceptors (Lipinski definition) is 6. The third-order valence-electron chi connectivity index (χ3n) is 2.87. The first-order chi connectivity index (χ1) is 10.0. The van der Waals surface area contributed by atoms with Crippen LogP contribution in [0.1, 0.15) is 5.69 Å². The van der Waals surface area contributed by atoms with Crippen molar-refractivity contribution in [1.82, 2.24) is 15.1 Å². The predicted octanol–water partition coefficient (Wildman–Crippen LogP) is 3.05. The molecule has 0 radical (unpaired) electrons. The summed E-state index contributed by atoms with van der Waals surface area (Å²) in [4.78, 5) is 8.55. The van der Waals surface area contributed by atoms with Crippen molar-refractivity contribution in [3.8, 4) is 28.5 Å². The highest BCUT2D eigenvalue weighted by Crippen LogP contribution is 2.33. The molecule has 2 aromatic heterocycles. The van der Waals surface area contributed by atoms with Gasteiger partial charge in [0, 0.05) is 11.6 Å². The number of aromatic nitrogens is 3.